The number of hydrogen-bond acceptors (Lipinski definition) is 5. The number of hydroxylamine groups is 2. The third-order valence-corrected chi connectivity index (χ3v) is 2.34. The van der Waals surface area contributed by atoms with Crippen LogP contribution in [-0.2, 0) is 4.84 Å². The van der Waals surface area contributed by atoms with E-state index in [9.17, 15) is 9.90 Å². The van der Waals surface area contributed by atoms with Crippen molar-refractivity contribution in [3.05, 3.63) is 35.9 Å². The van der Waals surface area contributed by atoms with Gasteiger partial charge in [-0.3, -0.25) is 5.32 Å². The van der Waals surface area contributed by atoms with Crippen LogP contribution in [0.15, 0.2) is 30.3 Å². The Morgan fingerprint density at radius 3 is 2.88 bits per heavy atom. The van der Waals surface area contributed by atoms with Gasteiger partial charge in [-0.15, -0.1) is 5.06 Å². The molecule has 1 heterocycles. The van der Waals surface area contributed by atoms with E-state index in [0.717, 1.165) is 0 Å². The third-order valence-electron chi connectivity index (χ3n) is 2.34. The average Bonchev–Trinajstić information content (AvgIpc) is 2.30. The van der Waals surface area contributed by atoms with Crippen LogP contribution in [0.3, 0.4) is 0 Å². The fourth-order valence-corrected chi connectivity index (χ4v) is 1.53. The van der Waals surface area contributed by atoms with Crippen LogP contribution in [-0.4, -0.2) is 42.0 Å². The van der Waals surface area contributed by atoms with Gasteiger partial charge in [0.2, 0.25) is 0 Å². The minimum Gasteiger partial charge on any atom is -0.377 e. The van der Waals surface area contributed by atoms with Crippen molar-refractivity contribution in [3.63, 3.8) is 0 Å². The average molecular weight is 222 g/mol. The van der Waals surface area contributed by atoms with Gasteiger partial charge in [-0.1, -0.05) is 18.2 Å². The summed E-state index contributed by atoms with van der Waals surface area (Å²) in [6.07, 6.45) is -0.641. The Labute approximate surface area is 93.6 Å². The molecule has 0 spiro atoms. The molecule has 0 radical (unpaired) electrons. The fourth-order valence-electron chi connectivity index (χ4n) is 1.53. The number of aliphatic hydroxyl groups excluding tert-OH is 1. The number of carbonyl (C=O) groups is 1. The summed E-state index contributed by atoms with van der Waals surface area (Å²) >= 11 is 0. The number of β-amino-alcohol motifs (C(OH)–C–C–N with tert-alkyl or cyclic N) is 1. The van der Waals surface area contributed by atoms with Crippen molar-refractivity contribution in [3.8, 4) is 0 Å². The molecule has 0 bridgehead atoms. The van der Waals surface area contributed by atoms with Crippen LogP contribution >= 0.6 is 0 Å². The lowest BCUT2D eigenvalue weighted by Gasteiger charge is -2.29. The van der Waals surface area contributed by atoms with Crippen molar-refractivity contribution in [2.45, 2.75) is 6.23 Å². The van der Waals surface area contributed by atoms with Crippen molar-refractivity contribution < 1.29 is 14.7 Å². The van der Waals surface area contributed by atoms with Gasteiger partial charge in [0.05, 0.1) is 12.1 Å². The maximum absolute atomic E-state index is 11.7. The largest absolute Gasteiger partial charge is 0.377 e. The highest BCUT2D eigenvalue weighted by Crippen LogP contribution is 2.05. The zero-order chi connectivity index (χ0) is 11.4. The monoisotopic (exact) mass is 222 g/mol. The van der Waals surface area contributed by atoms with Gasteiger partial charge in [-0.25, -0.2) is 4.79 Å². The first kappa shape index (κ1) is 11.1. The summed E-state index contributed by atoms with van der Waals surface area (Å²) in [4.78, 5) is 16.8. The molecule has 1 unspecified atom stereocenters. The molecule has 1 aromatic rings. The van der Waals surface area contributed by atoms with Gasteiger partial charge in [-0.05, 0) is 12.1 Å². The fraction of sp³-hybridized carbons (Fsp3) is 0.364. The Bertz CT molecular complexity index is 356. The van der Waals surface area contributed by atoms with Gasteiger partial charge < -0.3 is 9.94 Å². The molecule has 5 heteroatoms. The molecule has 0 amide bonds. The second-order valence-electron chi connectivity index (χ2n) is 3.60. The summed E-state index contributed by atoms with van der Waals surface area (Å²) in [5.41, 5.74) is 0.510. The van der Waals surface area contributed by atoms with Gasteiger partial charge in [0, 0.05) is 13.1 Å². The molecule has 1 atom stereocenters. The first-order chi connectivity index (χ1) is 7.75. The smallest absolute Gasteiger partial charge is 0.357 e. The van der Waals surface area contributed by atoms with Crippen LogP contribution in [0.25, 0.3) is 0 Å². The van der Waals surface area contributed by atoms with E-state index in [0.29, 0.717) is 25.2 Å². The maximum Gasteiger partial charge on any atom is 0.357 e. The van der Waals surface area contributed by atoms with Crippen LogP contribution < -0.4 is 5.32 Å². The lowest BCUT2D eigenvalue weighted by Crippen LogP contribution is -2.50. The molecule has 1 fully saturated rings. The van der Waals surface area contributed by atoms with Crippen molar-refractivity contribution >= 4 is 5.97 Å². The Hall–Kier alpha value is -1.43. The molecule has 1 aliphatic heterocycles. The summed E-state index contributed by atoms with van der Waals surface area (Å²) in [7, 11) is 0. The van der Waals surface area contributed by atoms with Crippen LogP contribution in [0.4, 0.5) is 0 Å². The number of rotatable bonds is 2. The SMILES string of the molecule is O=C(ON1CCNC(O)C1)c1ccccc1. The van der Waals surface area contributed by atoms with Gasteiger partial charge >= 0.3 is 5.97 Å². The molecule has 2 N–H and O–H groups in total. The number of aliphatic hydroxyl groups is 1. The van der Waals surface area contributed by atoms with Crippen LogP contribution in [0.1, 0.15) is 10.4 Å². The molecule has 0 saturated carbocycles. The first-order valence-electron chi connectivity index (χ1n) is 5.19. The van der Waals surface area contributed by atoms with E-state index < -0.39 is 12.2 Å². The second kappa shape index (κ2) is 5.07. The van der Waals surface area contributed by atoms with Crippen molar-refractivity contribution in [1.82, 2.24) is 10.4 Å². The van der Waals surface area contributed by atoms with E-state index in [1.165, 1.54) is 5.06 Å². The molecular weight excluding hydrogens is 208 g/mol. The quantitative estimate of drug-likeness (QED) is 0.736. The van der Waals surface area contributed by atoms with E-state index in [1.807, 2.05) is 6.07 Å². The zero-order valence-electron chi connectivity index (χ0n) is 8.80. The molecular formula is C11H14N2O3. The zero-order valence-corrected chi connectivity index (χ0v) is 8.80. The van der Waals surface area contributed by atoms with Crippen molar-refractivity contribution in [2.75, 3.05) is 19.6 Å². The summed E-state index contributed by atoms with van der Waals surface area (Å²) < 4.78 is 0. The number of piperazine rings is 1. The molecule has 2 rings (SSSR count). The van der Waals surface area contributed by atoms with E-state index in [-0.39, 0.29) is 0 Å². The highest BCUT2D eigenvalue weighted by atomic mass is 16.7. The Kier molecular flexibility index (Phi) is 3.51. The predicted octanol–water partition coefficient (Wildman–Crippen LogP) is -0.0180. The normalized spacial score (nSPS) is 21.7. The predicted molar refractivity (Wildman–Crippen MR) is 57.4 cm³/mol. The standard InChI is InChI=1S/C11H14N2O3/c14-10-8-13(7-6-12-10)16-11(15)9-4-2-1-3-5-9/h1-5,10,12,14H,6-8H2. The Morgan fingerprint density at radius 1 is 1.44 bits per heavy atom. The van der Waals surface area contributed by atoms with Crippen molar-refractivity contribution in [1.29, 1.82) is 0 Å². The number of carbonyl (C=O) groups excluding carboxylic acids is 1. The number of nitrogens with one attached hydrogen (secondary N) is 1. The van der Waals surface area contributed by atoms with Gasteiger partial charge in [-0.2, -0.15) is 0 Å². The minimum absolute atomic E-state index is 0.290. The van der Waals surface area contributed by atoms with Gasteiger partial charge in [0.25, 0.3) is 0 Å². The molecule has 1 aromatic carbocycles. The van der Waals surface area contributed by atoms with Crippen LogP contribution in [0, 0.1) is 0 Å². The molecule has 0 aromatic heterocycles. The van der Waals surface area contributed by atoms with Gasteiger partial charge in [0.1, 0.15) is 6.23 Å². The van der Waals surface area contributed by atoms with Crippen LogP contribution in [0.5, 0.6) is 0 Å². The van der Waals surface area contributed by atoms with Crippen molar-refractivity contribution in [2.24, 2.45) is 0 Å². The lowest BCUT2D eigenvalue weighted by atomic mass is 10.2. The highest BCUT2D eigenvalue weighted by Gasteiger charge is 2.20. The summed E-state index contributed by atoms with van der Waals surface area (Å²) in [5, 5.41) is 13.6. The van der Waals surface area contributed by atoms with E-state index >= 15 is 0 Å². The third kappa shape index (κ3) is 2.79. The molecule has 1 saturated heterocycles. The van der Waals surface area contributed by atoms with E-state index in [4.69, 9.17) is 4.84 Å². The Morgan fingerprint density at radius 2 is 2.19 bits per heavy atom. The maximum atomic E-state index is 11.7. The highest BCUT2D eigenvalue weighted by molar-refractivity contribution is 5.89. The molecule has 1 aliphatic rings. The Balaban J connectivity index is 1.92. The first-order valence-corrected chi connectivity index (χ1v) is 5.19. The minimum atomic E-state index is -0.641. The second-order valence-corrected chi connectivity index (χ2v) is 3.60. The summed E-state index contributed by atoms with van der Waals surface area (Å²) in [5.74, 6) is -0.394. The molecule has 5 nitrogen and oxygen atoms in total. The van der Waals surface area contributed by atoms with Crippen LogP contribution in [0.2, 0.25) is 0 Å². The number of nitrogens with zero attached hydrogens (tertiary/aromatic N) is 1. The topological polar surface area (TPSA) is 61.8 Å². The lowest BCUT2D eigenvalue weighted by molar-refractivity contribution is -0.143. The molecule has 0 aliphatic carbocycles. The van der Waals surface area contributed by atoms with E-state index in [2.05, 4.69) is 5.32 Å². The molecule has 86 valence electrons. The number of hydrogen-bond donors (Lipinski definition) is 2. The summed E-state index contributed by atoms with van der Waals surface area (Å²) in [6, 6.07) is 8.79. The number of benzene rings is 1. The summed E-state index contributed by atoms with van der Waals surface area (Å²) in [6.45, 7) is 1.47. The molecule has 16 heavy (non-hydrogen) atoms. The van der Waals surface area contributed by atoms with E-state index in [1.54, 1.807) is 24.3 Å². The van der Waals surface area contributed by atoms with Gasteiger partial charge in [0.15, 0.2) is 0 Å².